The average molecular weight is 320 g/mol. The van der Waals surface area contributed by atoms with Gasteiger partial charge in [0.2, 0.25) is 6.29 Å². The monoisotopic (exact) mass is 320 g/mol. The lowest BCUT2D eigenvalue weighted by Crippen LogP contribution is -2.49. The van der Waals surface area contributed by atoms with Gasteiger partial charge in [0.25, 0.3) is 0 Å². The van der Waals surface area contributed by atoms with Crippen LogP contribution in [0.2, 0.25) is 0 Å². The second-order valence-corrected chi connectivity index (χ2v) is 8.76. The van der Waals surface area contributed by atoms with Crippen molar-refractivity contribution in [3.8, 4) is 0 Å². The number of allylic oxidation sites excluding steroid dienone is 2. The second-order valence-electron chi connectivity index (χ2n) is 8.76. The highest BCUT2D eigenvalue weighted by atomic mass is 16.6. The standard InChI is InChI=1S/C20H32O3/c1-13-6-5-7-16-19(13,3)10-8-14(2)20(16,4)11-9-15-12-17(21)23-18(15)22/h6,14-16,18,22H,5,7-12H2,1-4H3. The molecule has 6 unspecified atom stereocenters. The third kappa shape index (κ3) is 2.75. The Balaban J connectivity index is 1.78. The molecule has 1 heterocycles. The summed E-state index contributed by atoms with van der Waals surface area (Å²) in [5.74, 6) is 1.14. The Morgan fingerprint density at radius 2 is 2.09 bits per heavy atom. The molecule has 130 valence electrons. The van der Waals surface area contributed by atoms with Crippen LogP contribution in [-0.2, 0) is 9.53 Å². The first-order valence-electron chi connectivity index (χ1n) is 9.32. The van der Waals surface area contributed by atoms with Gasteiger partial charge in [0.15, 0.2) is 0 Å². The molecule has 0 amide bonds. The van der Waals surface area contributed by atoms with Gasteiger partial charge in [0.05, 0.1) is 6.42 Å². The molecular weight excluding hydrogens is 288 g/mol. The highest BCUT2D eigenvalue weighted by molar-refractivity contribution is 5.71. The van der Waals surface area contributed by atoms with E-state index >= 15 is 0 Å². The van der Waals surface area contributed by atoms with Crippen LogP contribution < -0.4 is 0 Å². The predicted molar refractivity (Wildman–Crippen MR) is 90.5 cm³/mol. The van der Waals surface area contributed by atoms with Crippen molar-refractivity contribution in [3.63, 3.8) is 0 Å². The first kappa shape index (κ1) is 17.0. The van der Waals surface area contributed by atoms with E-state index in [-0.39, 0.29) is 17.3 Å². The number of cyclic esters (lactones) is 1. The molecule has 0 aromatic carbocycles. The zero-order valence-corrected chi connectivity index (χ0v) is 15.1. The number of hydrogen-bond acceptors (Lipinski definition) is 3. The van der Waals surface area contributed by atoms with Crippen LogP contribution in [0.5, 0.6) is 0 Å². The van der Waals surface area contributed by atoms with Gasteiger partial charge in [-0.3, -0.25) is 4.79 Å². The van der Waals surface area contributed by atoms with E-state index in [4.69, 9.17) is 4.74 Å². The summed E-state index contributed by atoms with van der Waals surface area (Å²) in [6, 6.07) is 0. The van der Waals surface area contributed by atoms with Crippen LogP contribution >= 0.6 is 0 Å². The van der Waals surface area contributed by atoms with Crippen molar-refractivity contribution in [3.05, 3.63) is 11.6 Å². The summed E-state index contributed by atoms with van der Waals surface area (Å²) in [4.78, 5) is 11.4. The lowest BCUT2D eigenvalue weighted by atomic mass is 9.47. The number of carbonyl (C=O) groups is 1. The predicted octanol–water partition coefficient (Wildman–Crippen LogP) is 4.45. The van der Waals surface area contributed by atoms with Crippen LogP contribution in [0.3, 0.4) is 0 Å². The van der Waals surface area contributed by atoms with Gasteiger partial charge in [-0.1, -0.05) is 32.4 Å². The van der Waals surface area contributed by atoms with E-state index < -0.39 is 6.29 Å². The average Bonchev–Trinajstić information content (AvgIpc) is 2.82. The molecule has 6 atom stereocenters. The number of carbonyl (C=O) groups excluding carboxylic acids is 1. The largest absolute Gasteiger partial charge is 0.436 e. The molecule has 23 heavy (non-hydrogen) atoms. The number of aliphatic hydroxyl groups is 1. The van der Waals surface area contributed by atoms with Crippen molar-refractivity contribution in [1.82, 2.24) is 0 Å². The van der Waals surface area contributed by atoms with Crippen molar-refractivity contribution in [2.24, 2.45) is 28.6 Å². The number of esters is 1. The first-order valence-corrected chi connectivity index (χ1v) is 9.32. The van der Waals surface area contributed by atoms with Gasteiger partial charge in [-0.25, -0.2) is 0 Å². The maximum atomic E-state index is 11.4. The summed E-state index contributed by atoms with van der Waals surface area (Å²) in [5.41, 5.74) is 2.19. The molecule has 3 heteroatoms. The topological polar surface area (TPSA) is 46.5 Å². The maximum absolute atomic E-state index is 11.4. The smallest absolute Gasteiger partial charge is 0.308 e. The van der Waals surface area contributed by atoms with Crippen molar-refractivity contribution in [2.75, 3.05) is 0 Å². The maximum Gasteiger partial charge on any atom is 0.308 e. The van der Waals surface area contributed by atoms with Crippen molar-refractivity contribution < 1.29 is 14.6 Å². The third-order valence-corrected chi connectivity index (χ3v) is 7.73. The number of hydrogen-bond donors (Lipinski definition) is 1. The van der Waals surface area contributed by atoms with E-state index in [1.807, 2.05) is 0 Å². The van der Waals surface area contributed by atoms with Crippen molar-refractivity contribution in [2.45, 2.75) is 78.9 Å². The van der Waals surface area contributed by atoms with E-state index in [9.17, 15) is 9.90 Å². The molecule has 0 spiro atoms. The van der Waals surface area contributed by atoms with Gasteiger partial charge in [-0.2, -0.15) is 0 Å². The minimum absolute atomic E-state index is 0.0139. The molecule has 1 saturated heterocycles. The normalized spacial score (nSPS) is 47.0. The van der Waals surface area contributed by atoms with Crippen LogP contribution in [0.25, 0.3) is 0 Å². The zero-order valence-electron chi connectivity index (χ0n) is 15.1. The van der Waals surface area contributed by atoms with Gasteiger partial charge < -0.3 is 9.84 Å². The van der Waals surface area contributed by atoms with Gasteiger partial charge in [0, 0.05) is 5.92 Å². The molecule has 3 aliphatic rings. The van der Waals surface area contributed by atoms with Crippen LogP contribution in [0, 0.1) is 28.6 Å². The van der Waals surface area contributed by atoms with E-state index in [0.29, 0.717) is 23.7 Å². The quantitative estimate of drug-likeness (QED) is 0.617. The van der Waals surface area contributed by atoms with Gasteiger partial charge in [-0.15, -0.1) is 0 Å². The minimum Gasteiger partial charge on any atom is -0.436 e. The van der Waals surface area contributed by atoms with Crippen molar-refractivity contribution >= 4 is 5.97 Å². The fourth-order valence-corrected chi connectivity index (χ4v) is 5.67. The molecule has 0 bridgehead atoms. The summed E-state index contributed by atoms with van der Waals surface area (Å²) in [6.45, 7) is 9.64. The van der Waals surface area contributed by atoms with Crippen LogP contribution in [0.15, 0.2) is 11.6 Å². The molecule has 2 fully saturated rings. The molecule has 3 nitrogen and oxygen atoms in total. The third-order valence-electron chi connectivity index (χ3n) is 7.73. The summed E-state index contributed by atoms with van der Waals surface area (Å²) >= 11 is 0. The highest BCUT2D eigenvalue weighted by Gasteiger charge is 2.53. The van der Waals surface area contributed by atoms with Gasteiger partial charge >= 0.3 is 5.97 Å². The van der Waals surface area contributed by atoms with E-state index in [1.54, 1.807) is 5.57 Å². The molecule has 0 aromatic heterocycles. The molecule has 2 aliphatic carbocycles. The molecular formula is C20H32O3. The molecule has 3 rings (SSSR count). The van der Waals surface area contributed by atoms with E-state index in [0.717, 1.165) is 12.8 Å². The SMILES string of the molecule is CC1=CCCC2C1(C)CCC(C)C2(C)CCC1CC(=O)OC1O. The first-order chi connectivity index (χ1) is 10.8. The molecule has 0 aromatic rings. The van der Waals surface area contributed by atoms with Crippen molar-refractivity contribution in [1.29, 1.82) is 0 Å². The Labute approximate surface area is 140 Å². The summed E-state index contributed by atoms with van der Waals surface area (Å²) in [6.07, 6.45) is 8.96. The molecule has 1 saturated carbocycles. The number of fused-ring (bicyclic) bond motifs is 1. The summed E-state index contributed by atoms with van der Waals surface area (Å²) in [7, 11) is 0. The van der Waals surface area contributed by atoms with E-state index in [2.05, 4.69) is 33.8 Å². The second kappa shape index (κ2) is 5.91. The molecule has 1 N–H and O–H groups in total. The Morgan fingerprint density at radius 1 is 1.35 bits per heavy atom. The summed E-state index contributed by atoms with van der Waals surface area (Å²) in [5, 5.41) is 9.91. The lowest BCUT2D eigenvalue weighted by Gasteiger charge is -2.58. The fourth-order valence-electron chi connectivity index (χ4n) is 5.67. The van der Waals surface area contributed by atoms with E-state index in [1.165, 1.54) is 25.7 Å². The van der Waals surface area contributed by atoms with Crippen LogP contribution in [0.1, 0.15) is 72.6 Å². The van der Waals surface area contributed by atoms with Crippen LogP contribution in [0.4, 0.5) is 0 Å². The Hall–Kier alpha value is -0.830. The lowest BCUT2D eigenvalue weighted by molar-refractivity contribution is -0.156. The molecule has 1 aliphatic heterocycles. The fraction of sp³-hybridized carbons (Fsp3) is 0.850. The Morgan fingerprint density at radius 3 is 2.74 bits per heavy atom. The molecule has 0 radical (unpaired) electrons. The van der Waals surface area contributed by atoms with Gasteiger partial charge in [-0.05, 0) is 68.1 Å². The van der Waals surface area contributed by atoms with Crippen LogP contribution in [-0.4, -0.2) is 17.4 Å². The number of rotatable bonds is 3. The number of aliphatic hydroxyl groups excluding tert-OH is 1. The minimum atomic E-state index is -0.885. The Bertz CT molecular complexity index is 511. The Kier molecular flexibility index (Phi) is 4.37. The summed E-state index contributed by atoms with van der Waals surface area (Å²) < 4.78 is 4.92. The van der Waals surface area contributed by atoms with Gasteiger partial charge in [0.1, 0.15) is 0 Å². The number of ether oxygens (including phenoxy) is 1. The zero-order chi connectivity index (χ0) is 16.8. The highest BCUT2D eigenvalue weighted by Crippen LogP contribution is 2.62.